The third kappa shape index (κ3) is 4.79. The molecule has 2 amide bonds. The van der Waals surface area contributed by atoms with Crippen molar-refractivity contribution in [1.82, 2.24) is 9.80 Å². The van der Waals surface area contributed by atoms with Crippen molar-refractivity contribution in [2.45, 2.75) is 58.2 Å². The van der Waals surface area contributed by atoms with Crippen molar-refractivity contribution < 1.29 is 19.1 Å². The maximum absolute atomic E-state index is 12.0. The van der Waals surface area contributed by atoms with Crippen molar-refractivity contribution in [1.29, 1.82) is 0 Å². The summed E-state index contributed by atoms with van der Waals surface area (Å²) in [7, 11) is 0. The van der Waals surface area contributed by atoms with Gasteiger partial charge in [0.15, 0.2) is 0 Å². The van der Waals surface area contributed by atoms with Gasteiger partial charge >= 0.3 is 12.2 Å². The van der Waals surface area contributed by atoms with Gasteiger partial charge in [0.2, 0.25) is 0 Å². The summed E-state index contributed by atoms with van der Waals surface area (Å²) in [5.41, 5.74) is -0.500. The molecule has 1 atom stereocenters. The Morgan fingerprint density at radius 3 is 2.24 bits per heavy atom. The van der Waals surface area contributed by atoms with E-state index in [1.165, 1.54) is 6.42 Å². The van der Waals surface area contributed by atoms with Crippen LogP contribution in [-0.4, -0.2) is 59.9 Å². The van der Waals surface area contributed by atoms with E-state index in [0.717, 1.165) is 25.9 Å². The quantitative estimate of drug-likeness (QED) is 0.746. The fraction of sp³-hybridized carbons (Fsp3) is 0.867. The lowest BCUT2D eigenvalue weighted by Crippen LogP contribution is -2.39. The second kappa shape index (κ2) is 6.54. The van der Waals surface area contributed by atoms with Crippen LogP contribution in [0.1, 0.15) is 46.5 Å². The number of amides is 2. The fourth-order valence-corrected chi connectivity index (χ4v) is 2.61. The lowest BCUT2D eigenvalue weighted by atomic mass is 10.1. The SMILES string of the molecule is CC(C)(C)OC(=O)N1CC[C@H](OC(=O)N2CCCCC2)C1. The summed E-state index contributed by atoms with van der Waals surface area (Å²) in [4.78, 5) is 27.3. The number of ether oxygens (including phenoxy) is 2. The van der Waals surface area contributed by atoms with Crippen LogP contribution in [0.3, 0.4) is 0 Å². The van der Waals surface area contributed by atoms with Crippen molar-refractivity contribution in [3.8, 4) is 0 Å². The highest BCUT2D eigenvalue weighted by molar-refractivity contribution is 5.69. The molecule has 0 aliphatic carbocycles. The minimum Gasteiger partial charge on any atom is -0.444 e. The zero-order chi connectivity index (χ0) is 15.5. The number of hydrogen-bond donors (Lipinski definition) is 0. The van der Waals surface area contributed by atoms with Gasteiger partial charge in [-0.05, 0) is 40.0 Å². The van der Waals surface area contributed by atoms with Crippen LogP contribution in [0, 0.1) is 0 Å². The second-order valence-corrected chi connectivity index (χ2v) is 6.77. The standard InChI is InChI=1S/C15H26N2O4/c1-15(2,3)21-14(19)17-10-7-12(11-17)20-13(18)16-8-5-4-6-9-16/h12H,4-11H2,1-3H3/t12-/m0/s1. The third-order valence-corrected chi connectivity index (χ3v) is 3.68. The van der Waals surface area contributed by atoms with E-state index in [2.05, 4.69) is 0 Å². The first-order valence-corrected chi connectivity index (χ1v) is 7.78. The highest BCUT2D eigenvalue weighted by Crippen LogP contribution is 2.19. The summed E-state index contributed by atoms with van der Waals surface area (Å²) < 4.78 is 10.8. The van der Waals surface area contributed by atoms with E-state index in [9.17, 15) is 9.59 Å². The van der Waals surface area contributed by atoms with Gasteiger partial charge in [-0.3, -0.25) is 0 Å². The summed E-state index contributed by atoms with van der Waals surface area (Å²) in [5.74, 6) is 0. The van der Waals surface area contributed by atoms with E-state index in [-0.39, 0.29) is 18.3 Å². The zero-order valence-corrected chi connectivity index (χ0v) is 13.3. The van der Waals surface area contributed by atoms with Crippen molar-refractivity contribution >= 4 is 12.2 Å². The van der Waals surface area contributed by atoms with Crippen molar-refractivity contribution in [2.75, 3.05) is 26.2 Å². The maximum atomic E-state index is 12.0. The van der Waals surface area contributed by atoms with Gasteiger partial charge in [0.25, 0.3) is 0 Å². The van der Waals surface area contributed by atoms with E-state index < -0.39 is 5.60 Å². The Balaban J connectivity index is 1.77. The molecule has 0 radical (unpaired) electrons. The molecule has 0 aromatic carbocycles. The average molecular weight is 298 g/mol. The van der Waals surface area contributed by atoms with Crippen molar-refractivity contribution in [3.63, 3.8) is 0 Å². The lowest BCUT2D eigenvalue weighted by Gasteiger charge is -2.27. The Labute approximate surface area is 126 Å². The summed E-state index contributed by atoms with van der Waals surface area (Å²) in [6.07, 6.45) is 3.16. The van der Waals surface area contributed by atoms with Gasteiger partial charge in [0.05, 0.1) is 6.54 Å². The first-order valence-electron chi connectivity index (χ1n) is 7.78. The first kappa shape index (κ1) is 15.9. The molecule has 0 aromatic rings. The maximum Gasteiger partial charge on any atom is 0.410 e. The fourth-order valence-electron chi connectivity index (χ4n) is 2.61. The van der Waals surface area contributed by atoms with Gasteiger partial charge < -0.3 is 19.3 Å². The van der Waals surface area contributed by atoms with Gasteiger partial charge in [0.1, 0.15) is 11.7 Å². The molecule has 21 heavy (non-hydrogen) atoms. The number of carbonyl (C=O) groups excluding carboxylic acids is 2. The Kier molecular flexibility index (Phi) is 4.96. The molecule has 0 saturated carbocycles. The number of likely N-dealkylation sites (tertiary alicyclic amines) is 2. The summed E-state index contributed by atoms with van der Waals surface area (Å²) in [6.45, 7) is 8.09. The van der Waals surface area contributed by atoms with Gasteiger partial charge in [-0.1, -0.05) is 0 Å². The molecule has 0 aromatic heterocycles. The smallest absolute Gasteiger partial charge is 0.410 e. The second-order valence-electron chi connectivity index (χ2n) is 6.77. The first-order chi connectivity index (χ1) is 9.85. The van der Waals surface area contributed by atoms with Crippen LogP contribution in [0.4, 0.5) is 9.59 Å². The van der Waals surface area contributed by atoms with Gasteiger partial charge in [-0.2, -0.15) is 0 Å². The summed E-state index contributed by atoms with van der Waals surface area (Å²) >= 11 is 0. The minimum atomic E-state index is -0.500. The number of piperidine rings is 1. The van der Waals surface area contributed by atoms with E-state index in [1.807, 2.05) is 20.8 Å². The third-order valence-electron chi connectivity index (χ3n) is 3.68. The monoisotopic (exact) mass is 298 g/mol. The summed E-state index contributed by atoms with van der Waals surface area (Å²) in [5, 5.41) is 0. The van der Waals surface area contributed by atoms with Crippen molar-refractivity contribution in [2.24, 2.45) is 0 Å². The molecule has 2 saturated heterocycles. The van der Waals surface area contributed by atoms with E-state index >= 15 is 0 Å². The molecule has 2 aliphatic rings. The number of nitrogens with zero attached hydrogens (tertiary/aromatic N) is 2. The molecule has 2 heterocycles. The molecule has 0 N–H and O–H groups in total. The number of rotatable bonds is 1. The highest BCUT2D eigenvalue weighted by atomic mass is 16.6. The Morgan fingerprint density at radius 1 is 0.952 bits per heavy atom. The van der Waals surface area contributed by atoms with Crippen LogP contribution < -0.4 is 0 Å². The molecular weight excluding hydrogens is 272 g/mol. The van der Waals surface area contributed by atoms with Crippen LogP contribution >= 0.6 is 0 Å². The minimum absolute atomic E-state index is 0.216. The molecule has 6 heteroatoms. The van der Waals surface area contributed by atoms with Crippen LogP contribution in [0.25, 0.3) is 0 Å². The number of carbonyl (C=O) groups is 2. The Morgan fingerprint density at radius 2 is 1.62 bits per heavy atom. The normalized spacial score (nSPS) is 23.1. The molecule has 2 aliphatic heterocycles. The largest absolute Gasteiger partial charge is 0.444 e. The topological polar surface area (TPSA) is 59.1 Å². The molecule has 120 valence electrons. The molecule has 2 fully saturated rings. The molecular formula is C15H26N2O4. The van der Waals surface area contributed by atoms with E-state index in [0.29, 0.717) is 19.5 Å². The van der Waals surface area contributed by atoms with Gasteiger partial charge in [-0.15, -0.1) is 0 Å². The van der Waals surface area contributed by atoms with Crippen LogP contribution in [0.5, 0.6) is 0 Å². The van der Waals surface area contributed by atoms with Crippen molar-refractivity contribution in [3.05, 3.63) is 0 Å². The lowest BCUT2D eigenvalue weighted by molar-refractivity contribution is 0.0236. The van der Waals surface area contributed by atoms with Gasteiger partial charge in [-0.25, -0.2) is 9.59 Å². The van der Waals surface area contributed by atoms with Crippen LogP contribution in [0.2, 0.25) is 0 Å². The van der Waals surface area contributed by atoms with E-state index in [4.69, 9.17) is 9.47 Å². The van der Waals surface area contributed by atoms with Crippen LogP contribution in [0.15, 0.2) is 0 Å². The average Bonchev–Trinajstić information content (AvgIpc) is 2.86. The predicted molar refractivity (Wildman–Crippen MR) is 78.1 cm³/mol. The molecule has 0 spiro atoms. The number of hydrogen-bond acceptors (Lipinski definition) is 4. The zero-order valence-electron chi connectivity index (χ0n) is 13.3. The molecule has 6 nitrogen and oxygen atoms in total. The van der Waals surface area contributed by atoms with Gasteiger partial charge in [0, 0.05) is 26.1 Å². The molecule has 2 rings (SSSR count). The van der Waals surface area contributed by atoms with Crippen LogP contribution in [-0.2, 0) is 9.47 Å². The van der Waals surface area contributed by atoms with E-state index in [1.54, 1.807) is 9.80 Å². The molecule has 0 unspecified atom stereocenters. The Hall–Kier alpha value is -1.46. The Bertz CT molecular complexity index is 386. The highest BCUT2D eigenvalue weighted by Gasteiger charge is 2.32. The summed E-state index contributed by atoms with van der Waals surface area (Å²) in [6, 6.07) is 0. The predicted octanol–water partition coefficient (Wildman–Crippen LogP) is 2.62. The molecule has 0 bridgehead atoms.